The average Bonchev–Trinajstić information content (AvgIpc) is 3.89. The van der Waals surface area contributed by atoms with Gasteiger partial charge in [0.05, 0.1) is 0 Å². The molecule has 2 atom stereocenters. The molecule has 0 aromatic heterocycles. The Hall–Kier alpha value is -7.02. The van der Waals surface area contributed by atoms with Gasteiger partial charge in [0.25, 0.3) is 0 Å². The molecule has 59 heavy (non-hydrogen) atoms. The minimum Gasteiger partial charge on any atom is -0.0622 e. The summed E-state index contributed by atoms with van der Waals surface area (Å²) in [6.07, 6.45) is 0. The fourth-order valence-electron chi connectivity index (χ4n) is 10.8. The molecule has 3 aliphatic rings. The highest BCUT2D eigenvalue weighted by molar-refractivity contribution is 5.99. The standard InChI is InChI=1S/C59H42/c1-59(2)53-23-12-11-22-49(53)58-54(59)33-32-50-55(40-26-24-39(25-27-40)37-14-5-3-6-15-37)48-31-29-43(36-52(48)57(50)58)42-28-30-47-51(35-42)45-20-9-10-21-46(45)56(47)44-19-13-18-41(34-44)38-16-7-4-8-17-38/h3-36,55-56H,1-2H3. The summed E-state index contributed by atoms with van der Waals surface area (Å²) in [7, 11) is 0. The zero-order valence-corrected chi connectivity index (χ0v) is 33.3. The van der Waals surface area contributed by atoms with Gasteiger partial charge in [-0.1, -0.05) is 208 Å². The first-order valence-corrected chi connectivity index (χ1v) is 21.0. The molecule has 3 aliphatic carbocycles. The molecule has 0 radical (unpaired) electrons. The van der Waals surface area contributed by atoms with Crippen molar-refractivity contribution >= 4 is 0 Å². The molecule has 0 N–H and O–H groups in total. The summed E-state index contributed by atoms with van der Waals surface area (Å²) in [5.41, 5.74) is 26.7. The largest absolute Gasteiger partial charge is 0.0622 e. The van der Waals surface area contributed by atoms with E-state index in [2.05, 4.69) is 220 Å². The van der Waals surface area contributed by atoms with Crippen LogP contribution in [0.2, 0.25) is 0 Å². The van der Waals surface area contributed by atoms with Crippen molar-refractivity contribution < 1.29 is 0 Å². The van der Waals surface area contributed by atoms with Crippen LogP contribution in [0.25, 0.3) is 66.8 Å². The number of hydrogen-bond acceptors (Lipinski definition) is 0. The topological polar surface area (TPSA) is 0 Å². The van der Waals surface area contributed by atoms with Crippen molar-refractivity contribution in [1.82, 2.24) is 0 Å². The third-order valence-electron chi connectivity index (χ3n) is 13.7. The van der Waals surface area contributed by atoms with Crippen molar-refractivity contribution in [3.8, 4) is 66.8 Å². The molecule has 0 fully saturated rings. The Morgan fingerprint density at radius 2 is 0.797 bits per heavy atom. The van der Waals surface area contributed by atoms with E-state index in [0.717, 1.165) is 0 Å². The maximum absolute atomic E-state index is 2.50. The SMILES string of the molecule is CC1(C)c2ccccc2-c2c1ccc1c2-c2cc(-c3ccc4c(c3)-c3ccccc3C4c3cccc(-c4ccccc4)c3)ccc2C1c1ccc(-c2ccccc2)cc1. The number of benzene rings is 9. The molecule has 0 heterocycles. The quantitative estimate of drug-likeness (QED) is 0.164. The summed E-state index contributed by atoms with van der Waals surface area (Å²) in [6, 6.07) is 77.4. The van der Waals surface area contributed by atoms with Crippen molar-refractivity contribution in [3.63, 3.8) is 0 Å². The van der Waals surface area contributed by atoms with Crippen LogP contribution in [0.15, 0.2) is 206 Å². The van der Waals surface area contributed by atoms with Crippen molar-refractivity contribution in [3.05, 3.63) is 251 Å². The Kier molecular flexibility index (Phi) is 7.50. The smallest absolute Gasteiger partial charge is 0.0352 e. The molecule has 0 saturated heterocycles. The summed E-state index contributed by atoms with van der Waals surface area (Å²) in [5.74, 6) is 0.338. The van der Waals surface area contributed by atoms with E-state index in [1.807, 2.05) is 0 Å². The van der Waals surface area contributed by atoms with E-state index in [1.165, 1.54) is 111 Å². The Balaban J connectivity index is 1.01. The van der Waals surface area contributed by atoms with Crippen LogP contribution in [0.5, 0.6) is 0 Å². The second-order valence-corrected chi connectivity index (χ2v) is 17.2. The van der Waals surface area contributed by atoms with Gasteiger partial charge in [0, 0.05) is 17.3 Å². The van der Waals surface area contributed by atoms with Gasteiger partial charge < -0.3 is 0 Å². The first kappa shape index (κ1) is 34.1. The summed E-state index contributed by atoms with van der Waals surface area (Å²) < 4.78 is 0. The monoisotopic (exact) mass is 750 g/mol. The van der Waals surface area contributed by atoms with Gasteiger partial charge in [-0.15, -0.1) is 0 Å². The van der Waals surface area contributed by atoms with Gasteiger partial charge in [0.2, 0.25) is 0 Å². The lowest BCUT2D eigenvalue weighted by Crippen LogP contribution is -2.15. The normalized spacial score (nSPS) is 16.1. The van der Waals surface area contributed by atoms with Crippen LogP contribution in [-0.2, 0) is 5.41 Å². The Morgan fingerprint density at radius 3 is 1.54 bits per heavy atom. The highest BCUT2D eigenvalue weighted by Gasteiger charge is 2.41. The molecule has 0 spiro atoms. The van der Waals surface area contributed by atoms with Crippen molar-refractivity contribution in [2.75, 3.05) is 0 Å². The maximum Gasteiger partial charge on any atom is 0.0352 e. The first-order chi connectivity index (χ1) is 29.0. The van der Waals surface area contributed by atoms with Crippen LogP contribution in [0.3, 0.4) is 0 Å². The second kappa shape index (κ2) is 13.0. The lowest BCUT2D eigenvalue weighted by atomic mass is 9.81. The van der Waals surface area contributed by atoms with Crippen LogP contribution in [0.1, 0.15) is 70.2 Å². The van der Waals surface area contributed by atoms with Gasteiger partial charge in [-0.3, -0.25) is 0 Å². The van der Waals surface area contributed by atoms with E-state index < -0.39 is 0 Å². The number of rotatable bonds is 5. The molecule has 0 aliphatic heterocycles. The van der Waals surface area contributed by atoms with Crippen molar-refractivity contribution in [2.24, 2.45) is 0 Å². The predicted molar refractivity (Wildman–Crippen MR) is 246 cm³/mol. The molecule has 0 saturated carbocycles. The molecule has 278 valence electrons. The van der Waals surface area contributed by atoms with E-state index in [4.69, 9.17) is 0 Å². The molecule has 0 heteroatoms. The van der Waals surface area contributed by atoms with Crippen LogP contribution in [0.4, 0.5) is 0 Å². The second-order valence-electron chi connectivity index (χ2n) is 17.2. The molecule has 0 nitrogen and oxygen atoms in total. The van der Waals surface area contributed by atoms with Crippen LogP contribution >= 0.6 is 0 Å². The molecule has 12 rings (SSSR count). The molecule has 2 unspecified atom stereocenters. The van der Waals surface area contributed by atoms with Gasteiger partial charge in [-0.25, -0.2) is 0 Å². The van der Waals surface area contributed by atoms with Gasteiger partial charge in [0.1, 0.15) is 0 Å². The molecule has 9 aromatic rings. The number of hydrogen-bond donors (Lipinski definition) is 0. The summed E-state index contributed by atoms with van der Waals surface area (Å²) in [4.78, 5) is 0. The zero-order valence-electron chi connectivity index (χ0n) is 33.3. The van der Waals surface area contributed by atoms with Gasteiger partial charge in [-0.05, 0) is 123 Å². The van der Waals surface area contributed by atoms with E-state index in [0.29, 0.717) is 0 Å². The first-order valence-electron chi connectivity index (χ1n) is 21.0. The van der Waals surface area contributed by atoms with Crippen LogP contribution < -0.4 is 0 Å². The lowest BCUT2D eigenvalue weighted by molar-refractivity contribution is 0.660. The van der Waals surface area contributed by atoms with Crippen molar-refractivity contribution in [1.29, 1.82) is 0 Å². The summed E-state index contributed by atoms with van der Waals surface area (Å²) in [6.45, 7) is 4.79. The number of fused-ring (bicyclic) bond motifs is 10. The Labute approximate surface area is 347 Å². The predicted octanol–water partition coefficient (Wildman–Crippen LogP) is 15.3. The van der Waals surface area contributed by atoms with Gasteiger partial charge >= 0.3 is 0 Å². The van der Waals surface area contributed by atoms with Crippen LogP contribution in [-0.4, -0.2) is 0 Å². The molecule has 9 aromatic carbocycles. The van der Waals surface area contributed by atoms with E-state index in [-0.39, 0.29) is 17.3 Å². The Bertz CT molecular complexity index is 3110. The van der Waals surface area contributed by atoms with E-state index in [9.17, 15) is 0 Å². The molecular formula is C59H42. The van der Waals surface area contributed by atoms with Crippen molar-refractivity contribution in [2.45, 2.75) is 31.1 Å². The zero-order chi connectivity index (χ0) is 39.2. The van der Waals surface area contributed by atoms with Gasteiger partial charge in [0.15, 0.2) is 0 Å². The minimum atomic E-state index is -0.0708. The van der Waals surface area contributed by atoms with E-state index >= 15 is 0 Å². The third kappa shape index (κ3) is 5.16. The highest BCUT2D eigenvalue weighted by atomic mass is 14.4. The fraction of sp³-hybridized carbons (Fsp3) is 0.0847. The lowest BCUT2D eigenvalue weighted by Gasteiger charge is -2.22. The third-order valence-corrected chi connectivity index (χ3v) is 13.7. The van der Waals surface area contributed by atoms with Crippen LogP contribution in [0, 0.1) is 0 Å². The highest BCUT2D eigenvalue weighted by Crippen LogP contribution is 2.59. The summed E-state index contributed by atoms with van der Waals surface area (Å²) >= 11 is 0. The van der Waals surface area contributed by atoms with E-state index in [1.54, 1.807) is 0 Å². The molecule has 0 amide bonds. The fourth-order valence-corrected chi connectivity index (χ4v) is 10.8. The molecular weight excluding hydrogens is 709 g/mol. The van der Waals surface area contributed by atoms with Gasteiger partial charge in [-0.2, -0.15) is 0 Å². The summed E-state index contributed by atoms with van der Waals surface area (Å²) in [5, 5.41) is 0. The molecule has 0 bridgehead atoms. The maximum atomic E-state index is 2.50. The Morgan fingerprint density at radius 1 is 0.288 bits per heavy atom. The average molecular weight is 751 g/mol. The minimum absolute atomic E-state index is 0.0708.